The second-order valence-electron chi connectivity index (χ2n) is 4.10. The number of aliphatic hydroxyl groups is 3. The first-order valence-corrected chi connectivity index (χ1v) is 5.73. The smallest absolute Gasteiger partial charge is 0.328 e. The summed E-state index contributed by atoms with van der Waals surface area (Å²) in [7, 11) is 0. The molecule has 4 atom stereocenters. The van der Waals surface area contributed by atoms with E-state index in [2.05, 4.69) is 5.32 Å². The van der Waals surface area contributed by atoms with Crippen LogP contribution in [0, 0.1) is 0 Å². The van der Waals surface area contributed by atoms with Gasteiger partial charge in [-0.3, -0.25) is 9.59 Å². The van der Waals surface area contributed by atoms with E-state index in [1.165, 1.54) is 6.92 Å². The van der Waals surface area contributed by atoms with E-state index in [4.69, 9.17) is 21.1 Å². The lowest BCUT2D eigenvalue weighted by Gasteiger charge is -2.23. The van der Waals surface area contributed by atoms with Crippen LogP contribution in [0.1, 0.15) is 6.92 Å². The van der Waals surface area contributed by atoms with Crippen molar-refractivity contribution in [3.63, 3.8) is 0 Å². The highest BCUT2D eigenvalue weighted by Crippen LogP contribution is 1.96. The molecule has 0 unspecified atom stereocenters. The van der Waals surface area contributed by atoms with Gasteiger partial charge < -0.3 is 36.8 Å². The fourth-order valence-corrected chi connectivity index (χ4v) is 1.20. The van der Waals surface area contributed by atoms with Crippen molar-refractivity contribution in [2.45, 2.75) is 31.2 Å². The molecule has 0 aliphatic heterocycles. The van der Waals surface area contributed by atoms with Gasteiger partial charge in [0.05, 0.1) is 19.3 Å². The van der Waals surface area contributed by atoms with Crippen LogP contribution in [-0.4, -0.2) is 75.7 Å². The number of aliphatic carboxylic acids is 1. The number of nitrogens with two attached hydrogens (primary N) is 1. The Kier molecular flexibility index (Phi) is 7.69. The lowest BCUT2D eigenvalue weighted by Crippen LogP contribution is -2.59. The number of carboxylic acid groups (broad SMARTS) is 1. The topological polar surface area (TPSA) is 182 Å². The highest BCUT2D eigenvalue weighted by Gasteiger charge is 2.30. The van der Waals surface area contributed by atoms with E-state index < -0.39 is 55.2 Å². The van der Waals surface area contributed by atoms with E-state index in [1.807, 2.05) is 5.32 Å². The summed E-state index contributed by atoms with van der Waals surface area (Å²) in [6.07, 6.45) is -1.34. The zero-order chi connectivity index (χ0) is 15.9. The Labute approximate surface area is 114 Å². The van der Waals surface area contributed by atoms with Crippen LogP contribution in [0.2, 0.25) is 0 Å². The maximum absolute atomic E-state index is 11.7. The van der Waals surface area contributed by atoms with E-state index >= 15 is 0 Å². The number of hydrogen-bond acceptors (Lipinski definition) is 7. The minimum Gasteiger partial charge on any atom is -0.480 e. The van der Waals surface area contributed by atoms with E-state index in [0.717, 1.165) is 0 Å². The summed E-state index contributed by atoms with van der Waals surface area (Å²) in [4.78, 5) is 33.8. The minimum absolute atomic E-state index is 0.658. The lowest BCUT2D eigenvalue weighted by atomic mass is 10.1. The average molecular weight is 293 g/mol. The molecule has 0 spiro atoms. The van der Waals surface area contributed by atoms with Crippen LogP contribution >= 0.6 is 0 Å². The van der Waals surface area contributed by atoms with Gasteiger partial charge in [0.2, 0.25) is 11.8 Å². The van der Waals surface area contributed by atoms with Crippen molar-refractivity contribution < 1.29 is 34.8 Å². The molecule has 0 bridgehead atoms. The molecular formula is C10H19N3O7. The first-order chi connectivity index (χ1) is 9.24. The van der Waals surface area contributed by atoms with Gasteiger partial charge in [0.25, 0.3) is 0 Å². The third-order valence-electron chi connectivity index (χ3n) is 2.39. The summed E-state index contributed by atoms with van der Waals surface area (Å²) in [5.74, 6) is -3.35. The number of carboxylic acids is 1. The standard InChI is InChI=1S/C10H19N3O7/c1-4(16)7(13-8(17)5(11)2-14)9(18)12-6(3-15)10(19)20/h4-7,14-16H,2-3,11H2,1H3,(H,12,18)(H,13,17)(H,19,20)/t4-,5+,6+,7+/m1/s1. The Morgan fingerprint density at radius 2 is 1.65 bits per heavy atom. The molecule has 0 radical (unpaired) electrons. The van der Waals surface area contributed by atoms with Crippen LogP contribution < -0.4 is 16.4 Å². The van der Waals surface area contributed by atoms with E-state index in [0.29, 0.717) is 0 Å². The molecule has 0 fully saturated rings. The van der Waals surface area contributed by atoms with Crippen LogP contribution in [-0.2, 0) is 14.4 Å². The number of carbonyl (C=O) groups excluding carboxylic acids is 2. The maximum atomic E-state index is 11.7. The van der Waals surface area contributed by atoms with Crippen molar-refractivity contribution in [1.82, 2.24) is 10.6 Å². The van der Waals surface area contributed by atoms with Gasteiger partial charge in [0.1, 0.15) is 18.1 Å². The van der Waals surface area contributed by atoms with Crippen LogP contribution in [0.15, 0.2) is 0 Å². The van der Waals surface area contributed by atoms with Gasteiger partial charge in [-0.05, 0) is 6.92 Å². The molecule has 2 amide bonds. The Balaban J connectivity index is 4.79. The predicted molar refractivity (Wildman–Crippen MR) is 65.3 cm³/mol. The Bertz CT molecular complexity index is 361. The molecule has 0 saturated heterocycles. The van der Waals surface area contributed by atoms with E-state index in [-0.39, 0.29) is 0 Å². The molecular weight excluding hydrogens is 274 g/mol. The van der Waals surface area contributed by atoms with Crippen molar-refractivity contribution in [3.05, 3.63) is 0 Å². The van der Waals surface area contributed by atoms with Crippen LogP contribution in [0.5, 0.6) is 0 Å². The predicted octanol–water partition coefficient (Wildman–Crippen LogP) is -4.27. The molecule has 10 nitrogen and oxygen atoms in total. The Morgan fingerprint density at radius 1 is 1.10 bits per heavy atom. The molecule has 0 aromatic carbocycles. The highest BCUT2D eigenvalue weighted by molar-refractivity contribution is 5.92. The summed E-state index contributed by atoms with van der Waals surface area (Å²) in [6.45, 7) is -0.310. The van der Waals surface area contributed by atoms with Gasteiger partial charge >= 0.3 is 5.97 Å². The summed E-state index contributed by atoms with van der Waals surface area (Å²) < 4.78 is 0. The van der Waals surface area contributed by atoms with Crippen LogP contribution in [0.25, 0.3) is 0 Å². The summed E-state index contributed by atoms with van der Waals surface area (Å²) in [6, 6.07) is -4.31. The molecule has 0 aromatic rings. The quantitative estimate of drug-likeness (QED) is 0.234. The first-order valence-electron chi connectivity index (χ1n) is 5.73. The van der Waals surface area contributed by atoms with Crippen molar-refractivity contribution in [3.8, 4) is 0 Å². The SMILES string of the molecule is C[C@@H](O)[C@H](NC(=O)[C@@H](N)CO)C(=O)N[C@@H](CO)C(=O)O. The fraction of sp³-hybridized carbons (Fsp3) is 0.700. The van der Waals surface area contributed by atoms with Crippen LogP contribution in [0.4, 0.5) is 0 Å². The molecule has 0 aliphatic rings. The number of nitrogens with one attached hydrogen (secondary N) is 2. The molecule has 8 N–H and O–H groups in total. The van der Waals surface area contributed by atoms with Gasteiger partial charge in [-0.15, -0.1) is 0 Å². The van der Waals surface area contributed by atoms with Gasteiger partial charge in [-0.25, -0.2) is 4.79 Å². The minimum atomic E-state index is -1.56. The molecule has 0 aromatic heterocycles. The lowest BCUT2D eigenvalue weighted by molar-refractivity contribution is -0.144. The molecule has 0 heterocycles. The number of amides is 2. The number of hydrogen-bond donors (Lipinski definition) is 7. The Morgan fingerprint density at radius 3 is 2.00 bits per heavy atom. The molecule has 0 saturated carbocycles. The third-order valence-corrected chi connectivity index (χ3v) is 2.39. The first kappa shape index (κ1) is 18.2. The largest absolute Gasteiger partial charge is 0.480 e. The number of rotatable bonds is 8. The zero-order valence-corrected chi connectivity index (χ0v) is 10.8. The van der Waals surface area contributed by atoms with Gasteiger partial charge in [-0.1, -0.05) is 0 Å². The molecule has 10 heteroatoms. The molecule has 116 valence electrons. The molecule has 0 rings (SSSR count). The van der Waals surface area contributed by atoms with E-state index in [1.54, 1.807) is 0 Å². The Hall–Kier alpha value is -1.75. The van der Waals surface area contributed by atoms with Gasteiger partial charge in [-0.2, -0.15) is 0 Å². The van der Waals surface area contributed by atoms with Crippen molar-refractivity contribution >= 4 is 17.8 Å². The number of aliphatic hydroxyl groups excluding tert-OH is 3. The van der Waals surface area contributed by atoms with E-state index in [9.17, 15) is 19.5 Å². The van der Waals surface area contributed by atoms with Gasteiger partial charge in [0, 0.05) is 0 Å². The molecule has 20 heavy (non-hydrogen) atoms. The normalized spacial score (nSPS) is 16.6. The fourth-order valence-electron chi connectivity index (χ4n) is 1.20. The third kappa shape index (κ3) is 5.48. The maximum Gasteiger partial charge on any atom is 0.328 e. The second-order valence-corrected chi connectivity index (χ2v) is 4.10. The van der Waals surface area contributed by atoms with Crippen molar-refractivity contribution in [1.29, 1.82) is 0 Å². The highest BCUT2D eigenvalue weighted by atomic mass is 16.4. The number of carbonyl (C=O) groups is 3. The van der Waals surface area contributed by atoms with Crippen LogP contribution in [0.3, 0.4) is 0 Å². The monoisotopic (exact) mass is 293 g/mol. The summed E-state index contributed by atoms with van der Waals surface area (Å²) in [5.41, 5.74) is 5.23. The average Bonchev–Trinajstić information content (AvgIpc) is 2.39. The zero-order valence-electron chi connectivity index (χ0n) is 10.8. The summed E-state index contributed by atoms with van der Waals surface area (Å²) >= 11 is 0. The van der Waals surface area contributed by atoms with Crippen molar-refractivity contribution in [2.75, 3.05) is 13.2 Å². The second kappa shape index (κ2) is 8.43. The molecule has 0 aliphatic carbocycles. The summed E-state index contributed by atoms with van der Waals surface area (Å²) in [5, 5.41) is 39.6. The van der Waals surface area contributed by atoms with Gasteiger partial charge in [0.15, 0.2) is 0 Å². The van der Waals surface area contributed by atoms with Crippen molar-refractivity contribution in [2.24, 2.45) is 5.73 Å².